The van der Waals surface area contributed by atoms with E-state index in [-0.39, 0.29) is 18.6 Å². The van der Waals surface area contributed by atoms with Crippen molar-refractivity contribution < 1.29 is 22.7 Å². The van der Waals surface area contributed by atoms with E-state index in [0.29, 0.717) is 38.5 Å². The summed E-state index contributed by atoms with van der Waals surface area (Å²) in [4.78, 5) is 28.9. The number of nitrogens with zero attached hydrogens (tertiary/aromatic N) is 1. The second-order valence-corrected chi connectivity index (χ2v) is 13.9. The highest BCUT2D eigenvalue weighted by Crippen LogP contribution is 2.26. The van der Waals surface area contributed by atoms with E-state index in [1.54, 1.807) is 0 Å². The normalized spacial score (nSPS) is 20.4. The average Bonchev–Trinajstić information content (AvgIpc) is 3.42. The Morgan fingerprint density at radius 3 is 2.36 bits per heavy atom. The molecule has 3 atom stereocenters. The number of nitrogens with one attached hydrogen (secondary N) is 3. The average molecular weight is 665 g/mol. The number of rotatable bonds is 13. The first kappa shape index (κ1) is 32.6. The van der Waals surface area contributed by atoms with Gasteiger partial charge in [0.2, 0.25) is 21.8 Å². The van der Waals surface area contributed by atoms with Crippen LogP contribution in [-0.4, -0.2) is 69.2 Å². The summed E-state index contributed by atoms with van der Waals surface area (Å²) >= 11 is 3.43. The third-order valence-electron chi connectivity index (χ3n) is 7.95. The Labute approximate surface area is 257 Å². The first-order valence-corrected chi connectivity index (χ1v) is 17.2. The van der Waals surface area contributed by atoms with Crippen LogP contribution in [0.25, 0.3) is 0 Å². The van der Waals surface area contributed by atoms with Gasteiger partial charge in [0.05, 0.1) is 19.0 Å². The van der Waals surface area contributed by atoms with Crippen LogP contribution in [0.5, 0.6) is 0 Å². The van der Waals surface area contributed by atoms with Gasteiger partial charge in [-0.05, 0) is 73.5 Å². The topological polar surface area (TPSA) is 143 Å². The number of sulfonamides is 1. The lowest BCUT2D eigenvalue weighted by atomic mass is 9.91. The number of likely N-dealkylation sites (tertiary alicyclic amines) is 1. The zero-order valence-corrected chi connectivity index (χ0v) is 26.5. The zero-order valence-electron chi connectivity index (χ0n) is 24.1. The van der Waals surface area contributed by atoms with E-state index in [1.165, 1.54) is 4.90 Å². The summed E-state index contributed by atoms with van der Waals surface area (Å²) in [6, 6.07) is 13.7. The van der Waals surface area contributed by atoms with Gasteiger partial charge in [-0.1, -0.05) is 52.3 Å². The third-order valence-corrected chi connectivity index (χ3v) is 9.19. The Morgan fingerprint density at radius 1 is 1.07 bits per heavy atom. The molecule has 2 amide bonds. The van der Waals surface area contributed by atoms with Gasteiger partial charge in [0.25, 0.3) is 0 Å². The van der Waals surface area contributed by atoms with Crippen molar-refractivity contribution in [2.75, 3.05) is 25.9 Å². The summed E-state index contributed by atoms with van der Waals surface area (Å²) < 4.78 is 34.2. The molecule has 2 saturated heterocycles. The standard InChI is InChI=1S/C30H42BrN5O5S/c1-42(39,40)35-27(11-8-21-12-14-33-15-13-21)30(38)36-19-26(41-20-24-6-9-25(31)10-7-24)16-28(36)29(37)34-18-23-4-2-22(17-32)3-5-23/h2-7,9-10,21,26-28,33,35H,8,11-20,32H2,1H3,(H,34,37)/t26-,27-,28-/m1/s1. The molecule has 2 fully saturated rings. The lowest BCUT2D eigenvalue weighted by Gasteiger charge is -2.30. The molecule has 10 nitrogen and oxygen atoms in total. The first-order chi connectivity index (χ1) is 20.1. The summed E-state index contributed by atoms with van der Waals surface area (Å²) in [7, 11) is -3.66. The number of carbonyl (C=O) groups excluding carboxylic acids is 2. The van der Waals surface area contributed by atoms with Gasteiger partial charge in [0.1, 0.15) is 12.1 Å². The first-order valence-electron chi connectivity index (χ1n) is 14.5. The van der Waals surface area contributed by atoms with Crippen LogP contribution in [0.2, 0.25) is 0 Å². The molecule has 2 aliphatic rings. The van der Waals surface area contributed by atoms with Gasteiger partial charge in [-0.2, -0.15) is 0 Å². The Morgan fingerprint density at radius 2 is 1.71 bits per heavy atom. The van der Waals surface area contributed by atoms with Crippen molar-refractivity contribution >= 4 is 37.8 Å². The molecule has 0 radical (unpaired) electrons. The zero-order chi connectivity index (χ0) is 30.1. The molecule has 5 N–H and O–H groups in total. The van der Waals surface area contributed by atoms with E-state index in [9.17, 15) is 18.0 Å². The predicted octanol–water partition coefficient (Wildman–Crippen LogP) is 2.41. The highest BCUT2D eigenvalue weighted by molar-refractivity contribution is 9.10. The molecule has 2 heterocycles. The Hall–Kier alpha value is -2.35. The molecule has 0 spiro atoms. The molecular weight excluding hydrogens is 622 g/mol. The van der Waals surface area contributed by atoms with E-state index < -0.39 is 28.0 Å². The van der Waals surface area contributed by atoms with Crippen LogP contribution in [0.15, 0.2) is 53.0 Å². The van der Waals surface area contributed by atoms with Crippen LogP contribution in [0.1, 0.15) is 48.8 Å². The fourth-order valence-corrected chi connectivity index (χ4v) is 6.57. The van der Waals surface area contributed by atoms with Gasteiger partial charge in [0, 0.05) is 30.5 Å². The van der Waals surface area contributed by atoms with Gasteiger partial charge >= 0.3 is 0 Å². The smallest absolute Gasteiger partial charge is 0.243 e. The molecule has 42 heavy (non-hydrogen) atoms. The fourth-order valence-electron chi connectivity index (χ4n) is 5.57. The summed E-state index contributed by atoms with van der Waals surface area (Å²) in [5.41, 5.74) is 8.58. The monoisotopic (exact) mass is 663 g/mol. The van der Waals surface area contributed by atoms with Gasteiger partial charge in [0.15, 0.2) is 0 Å². The van der Waals surface area contributed by atoms with Gasteiger partial charge < -0.3 is 26.0 Å². The van der Waals surface area contributed by atoms with Crippen LogP contribution >= 0.6 is 15.9 Å². The molecule has 0 unspecified atom stereocenters. The van der Waals surface area contributed by atoms with Crippen molar-refractivity contribution in [1.82, 2.24) is 20.3 Å². The van der Waals surface area contributed by atoms with Crippen molar-refractivity contribution in [1.29, 1.82) is 0 Å². The molecule has 0 aromatic heterocycles. The van der Waals surface area contributed by atoms with Gasteiger partial charge in [-0.3, -0.25) is 9.59 Å². The molecule has 0 aliphatic carbocycles. The fraction of sp³-hybridized carbons (Fsp3) is 0.533. The number of piperidine rings is 1. The molecule has 2 aliphatic heterocycles. The molecular formula is C30H42BrN5O5S. The molecule has 4 rings (SSSR count). The van der Waals surface area contributed by atoms with Crippen LogP contribution in [0.3, 0.4) is 0 Å². The van der Waals surface area contributed by atoms with E-state index in [4.69, 9.17) is 10.5 Å². The summed E-state index contributed by atoms with van der Waals surface area (Å²) in [6.07, 6.45) is 4.10. The summed E-state index contributed by atoms with van der Waals surface area (Å²) in [5, 5.41) is 6.30. The van der Waals surface area contributed by atoms with Crippen molar-refractivity contribution in [2.45, 2.75) is 70.0 Å². The number of amides is 2. The Bertz CT molecular complexity index is 1290. The highest BCUT2D eigenvalue weighted by atomic mass is 79.9. The van der Waals surface area contributed by atoms with Gasteiger partial charge in [-0.25, -0.2) is 13.1 Å². The molecule has 230 valence electrons. The van der Waals surface area contributed by atoms with Crippen molar-refractivity contribution in [3.63, 3.8) is 0 Å². The summed E-state index contributed by atoms with van der Waals surface area (Å²) in [6.45, 7) is 3.12. The maximum absolute atomic E-state index is 13.9. The second kappa shape index (κ2) is 15.4. The van der Waals surface area contributed by atoms with Crippen LogP contribution in [0, 0.1) is 5.92 Å². The van der Waals surface area contributed by atoms with Crippen molar-refractivity contribution in [3.8, 4) is 0 Å². The maximum atomic E-state index is 13.9. The van der Waals surface area contributed by atoms with E-state index in [2.05, 4.69) is 31.3 Å². The lowest BCUT2D eigenvalue weighted by Crippen LogP contribution is -2.53. The third kappa shape index (κ3) is 9.85. The quantitative estimate of drug-likeness (QED) is 0.258. The highest BCUT2D eigenvalue weighted by Gasteiger charge is 2.42. The minimum Gasteiger partial charge on any atom is -0.372 e. The second-order valence-electron chi connectivity index (χ2n) is 11.3. The Kier molecular flexibility index (Phi) is 11.9. The number of nitrogens with two attached hydrogens (primary N) is 1. The predicted molar refractivity (Wildman–Crippen MR) is 166 cm³/mol. The van der Waals surface area contributed by atoms with E-state index >= 15 is 0 Å². The van der Waals surface area contributed by atoms with Crippen LogP contribution < -0.4 is 21.1 Å². The largest absolute Gasteiger partial charge is 0.372 e. The molecule has 2 aromatic rings. The lowest BCUT2D eigenvalue weighted by molar-refractivity contribution is -0.140. The SMILES string of the molecule is CS(=O)(=O)N[C@H](CCC1CCNCC1)C(=O)N1C[C@H](OCc2ccc(Br)cc2)C[C@@H]1C(=O)NCc1ccc(CN)cc1. The minimum atomic E-state index is -3.66. The van der Waals surface area contributed by atoms with Crippen LogP contribution in [-0.2, 0) is 44.0 Å². The minimum absolute atomic E-state index is 0.202. The van der Waals surface area contributed by atoms with Crippen LogP contribution in [0.4, 0.5) is 0 Å². The number of hydrogen-bond donors (Lipinski definition) is 4. The molecule has 0 bridgehead atoms. The van der Waals surface area contributed by atoms with E-state index in [0.717, 1.165) is 59.8 Å². The number of ether oxygens (including phenoxy) is 1. The number of halogens is 1. The number of benzene rings is 2. The van der Waals surface area contributed by atoms with Gasteiger partial charge in [-0.15, -0.1) is 0 Å². The Balaban J connectivity index is 1.47. The molecule has 0 saturated carbocycles. The van der Waals surface area contributed by atoms with E-state index in [1.807, 2.05) is 48.5 Å². The molecule has 12 heteroatoms. The summed E-state index contributed by atoms with van der Waals surface area (Å²) in [5.74, 6) is -0.262. The maximum Gasteiger partial charge on any atom is 0.243 e. The van der Waals surface area contributed by atoms with Crippen molar-refractivity contribution in [2.24, 2.45) is 11.7 Å². The number of carbonyl (C=O) groups is 2. The molecule has 2 aromatic carbocycles. The number of hydrogen-bond acceptors (Lipinski definition) is 7. The van der Waals surface area contributed by atoms with Crippen molar-refractivity contribution in [3.05, 3.63) is 69.7 Å².